The van der Waals surface area contributed by atoms with Crippen LogP contribution in [-0.4, -0.2) is 31.6 Å². The highest BCUT2D eigenvalue weighted by Gasteiger charge is 2.53. The lowest BCUT2D eigenvalue weighted by atomic mass is 9.59. The first-order chi connectivity index (χ1) is 8.78. The van der Waals surface area contributed by atoms with Gasteiger partial charge in [-0.15, -0.1) is 0 Å². The van der Waals surface area contributed by atoms with E-state index in [4.69, 9.17) is 4.74 Å². The Bertz CT molecular complexity index is 431. The van der Waals surface area contributed by atoms with Gasteiger partial charge in [-0.2, -0.15) is 0 Å². The van der Waals surface area contributed by atoms with Crippen molar-refractivity contribution in [2.75, 3.05) is 26.7 Å². The number of ether oxygens (including phenoxy) is 1. The Labute approximate surface area is 110 Å². The Morgan fingerprint density at radius 3 is 3.00 bits per heavy atom. The quantitative estimate of drug-likeness (QED) is 0.808. The van der Waals surface area contributed by atoms with Crippen LogP contribution in [0.4, 0.5) is 0 Å². The summed E-state index contributed by atoms with van der Waals surface area (Å²) in [7, 11) is 1.76. The van der Waals surface area contributed by atoms with Gasteiger partial charge in [0.15, 0.2) is 0 Å². The molecule has 0 N–H and O–H groups in total. The number of fused-ring (bicyclic) bond motifs is 1. The molecule has 1 aromatic carbocycles. The molecule has 0 radical (unpaired) electrons. The molecule has 2 atom stereocenters. The summed E-state index contributed by atoms with van der Waals surface area (Å²) < 4.78 is 5.38. The lowest BCUT2D eigenvalue weighted by Crippen LogP contribution is -2.43. The van der Waals surface area contributed by atoms with Crippen LogP contribution in [0.5, 0.6) is 5.75 Å². The summed E-state index contributed by atoms with van der Waals surface area (Å²) in [5, 5.41) is 0. The molecule has 1 aliphatic carbocycles. The second-order valence-corrected chi connectivity index (χ2v) is 5.86. The topological polar surface area (TPSA) is 12.5 Å². The molecule has 2 aliphatic rings. The predicted molar refractivity (Wildman–Crippen MR) is 74.1 cm³/mol. The Balaban J connectivity index is 1.86. The normalized spacial score (nSPS) is 30.9. The van der Waals surface area contributed by atoms with E-state index in [9.17, 15) is 0 Å². The molecule has 1 saturated heterocycles. The van der Waals surface area contributed by atoms with Crippen molar-refractivity contribution < 1.29 is 4.74 Å². The molecule has 0 spiro atoms. The van der Waals surface area contributed by atoms with Gasteiger partial charge in [0.1, 0.15) is 5.75 Å². The highest BCUT2D eigenvalue weighted by Crippen LogP contribution is 2.53. The fraction of sp³-hybridized carbons (Fsp3) is 0.625. The van der Waals surface area contributed by atoms with Gasteiger partial charge in [-0.1, -0.05) is 19.1 Å². The summed E-state index contributed by atoms with van der Waals surface area (Å²) in [5.41, 5.74) is 1.93. The number of benzene rings is 1. The first-order valence-corrected chi connectivity index (χ1v) is 7.15. The lowest BCUT2D eigenvalue weighted by Gasteiger charge is -2.45. The second kappa shape index (κ2) is 4.58. The van der Waals surface area contributed by atoms with E-state index in [-0.39, 0.29) is 0 Å². The predicted octanol–water partition coefficient (Wildman–Crippen LogP) is 3.07. The average molecular weight is 245 g/mol. The van der Waals surface area contributed by atoms with Crippen molar-refractivity contribution in [1.29, 1.82) is 0 Å². The van der Waals surface area contributed by atoms with Crippen LogP contribution in [0.15, 0.2) is 24.3 Å². The summed E-state index contributed by atoms with van der Waals surface area (Å²) in [6, 6.07) is 8.74. The first-order valence-electron chi connectivity index (χ1n) is 7.15. The zero-order chi connectivity index (χ0) is 12.6. The molecule has 2 heteroatoms. The van der Waals surface area contributed by atoms with Crippen LogP contribution in [0.25, 0.3) is 0 Å². The third-order valence-corrected chi connectivity index (χ3v) is 4.89. The number of likely N-dealkylation sites (tertiary alicyclic amines) is 1. The SMILES string of the molecule is CCCN1CC2CCC2(c2cccc(OC)c2)C1. The fourth-order valence-electron chi connectivity index (χ4n) is 3.84. The minimum Gasteiger partial charge on any atom is -0.497 e. The molecule has 18 heavy (non-hydrogen) atoms. The van der Waals surface area contributed by atoms with Crippen molar-refractivity contribution in [2.24, 2.45) is 5.92 Å². The third-order valence-electron chi connectivity index (χ3n) is 4.89. The number of nitrogens with zero attached hydrogens (tertiary/aromatic N) is 1. The average Bonchev–Trinajstić information content (AvgIpc) is 2.64. The summed E-state index contributed by atoms with van der Waals surface area (Å²) in [4.78, 5) is 2.65. The largest absolute Gasteiger partial charge is 0.497 e. The van der Waals surface area contributed by atoms with Gasteiger partial charge in [0.25, 0.3) is 0 Å². The smallest absolute Gasteiger partial charge is 0.119 e. The van der Waals surface area contributed by atoms with Crippen molar-refractivity contribution in [3.63, 3.8) is 0 Å². The molecular weight excluding hydrogens is 222 g/mol. The van der Waals surface area contributed by atoms with Gasteiger partial charge in [-0.3, -0.25) is 0 Å². The maximum Gasteiger partial charge on any atom is 0.119 e. The van der Waals surface area contributed by atoms with Crippen LogP contribution >= 0.6 is 0 Å². The van der Waals surface area contributed by atoms with E-state index in [1.807, 2.05) is 6.07 Å². The number of hydrogen-bond donors (Lipinski definition) is 0. The molecule has 1 saturated carbocycles. The maximum absolute atomic E-state index is 5.38. The van der Waals surface area contributed by atoms with Gasteiger partial charge in [-0.25, -0.2) is 0 Å². The van der Waals surface area contributed by atoms with Crippen LogP contribution in [0.2, 0.25) is 0 Å². The van der Waals surface area contributed by atoms with Crippen LogP contribution in [-0.2, 0) is 5.41 Å². The van der Waals surface area contributed by atoms with E-state index in [1.165, 1.54) is 44.5 Å². The summed E-state index contributed by atoms with van der Waals surface area (Å²) in [6.07, 6.45) is 4.02. The number of rotatable bonds is 4. The van der Waals surface area contributed by atoms with Gasteiger partial charge in [0, 0.05) is 18.5 Å². The van der Waals surface area contributed by atoms with Crippen LogP contribution < -0.4 is 4.74 Å². The van der Waals surface area contributed by atoms with Gasteiger partial charge in [-0.05, 0) is 49.4 Å². The third kappa shape index (κ3) is 1.74. The Hall–Kier alpha value is -1.02. The zero-order valence-corrected chi connectivity index (χ0v) is 11.5. The molecular formula is C16H23NO. The number of hydrogen-bond acceptors (Lipinski definition) is 2. The van der Waals surface area contributed by atoms with E-state index in [0.29, 0.717) is 5.41 Å². The Kier molecular flexibility index (Phi) is 3.06. The van der Waals surface area contributed by atoms with Crippen molar-refractivity contribution in [1.82, 2.24) is 4.90 Å². The van der Waals surface area contributed by atoms with Crippen LogP contribution in [0.1, 0.15) is 31.7 Å². The highest BCUT2D eigenvalue weighted by molar-refractivity contribution is 5.38. The van der Waals surface area contributed by atoms with Crippen molar-refractivity contribution in [3.8, 4) is 5.75 Å². The summed E-state index contributed by atoms with van der Waals surface area (Å²) in [5.74, 6) is 1.87. The maximum atomic E-state index is 5.38. The Morgan fingerprint density at radius 2 is 2.33 bits per heavy atom. The van der Waals surface area contributed by atoms with Crippen molar-refractivity contribution >= 4 is 0 Å². The fourth-order valence-corrected chi connectivity index (χ4v) is 3.84. The van der Waals surface area contributed by atoms with Crippen LogP contribution in [0.3, 0.4) is 0 Å². The molecule has 1 aromatic rings. The second-order valence-electron chi connectivity index (χ2n) is 5.86. The first kappa shape index (κ1) is 12.0. The van der Waals surface area contributed by atoms with E-state index < -0.39 is 0 Å². The van der Waals surface area contributed by atoms with E-state index >= 15 is 0 Å². The van der Waals surface area contributed by atoms with Crippen LogP contribution in [0, 0.1) is 5.92 Å². The van der Waals surface area contributed by atoms with Gasteiger partial charge >= 0.3 is 0 Å². The van der Waals surface area contributed by atoms with E-state index in [2.05, 4.69) is 30.0 Å². The Morgan fingerprint density at radius 1 is 1.44 bits per heavy atom. The monoisotopic (exact) mass is 245 g/mol. The minimum atomic E-state index is 0.434. The van der Waals surface area contributed by atoms with Gasteiger partial charge < -0.3 is 9.64 Å². The summed E-state index contributed by atoms with van der Waals surface area (Å²) >= 11 is 0. The molecule has 2 nitrogen and oxygen atoms in total. The van der Waals surface area contributed by atoms with E-state index in [1.54, 1.807) is 7.11 Å². The van der Waals surface area contributed by atoms with Crippen molar-refractivity contribution in [3.05, 3.63) is 29.8 Å². The minimum absolute atomic E-state index is 0.434. The van der Waals surface area contributed by atoms with E-state index in [0.717, 1.165) is 11.7 Å². The summed E-state index contributed by atoms with van der Waals surface area (Å²) in [6.45, 7) is 6.07. The van der Waals surface area contributed by atoms with Gasteiger partial charge in [0.2, 0.25) is 0 Å². The zero-order valence-electron chi connectivity index (χ0n) is 11.5. The number of methoxy groups -OCH3 is 1. The lowest BCUT2D eigenvalue weighted by molar-refractivity contribution is 0.181. The van der Waals surface area contributed by atoms with Crippen molar-refractivity contribution in [2.45, 2.75) is 31.6 Å². The standard InChI is InChI=1S/C16H23NO/c1-3-9-17-11-14-7-8-16(14,12-17)13-5-4-6-15(10-13)18-2/h4-6,10,14H,3,7-9,11-12H2,1-2H3. The molecule has 3 rings (SSSR count). The molecule has 2 fully saturated rings. The molecule has 0 aromatic heterocycles. The molecule has 0 bridgehead atoms. The molecule has 2 unspecified atom stereocenters. The molecule has 0 amide bonds. The molecule has 98 valence electrons. The molecule has 1 heterocycles. The molecule has 1 aliphatic heterocycles. The van der Waals surface area contributed by atoms with Gasteiger partial charge in [0.05, 0.1) is 7.11 Å². The highest BCUT2D eigenvalue weighted by atomic mass is 16.5.